The maximum Gasteiger partial charge on any atom is 0.306 e. The molecule has 0 amide bonds. The van der Waals surface area contributed by atoms with E-state index in [2.05, 4.69) is 160 Å². The summed E-state index contributed by atoms with van der Waals surface area (Å²) in [5, 5.41) is 11.9. The summed E-state index contributed by atoms with van der Waals surface area (Å²) in [7, 11) is 5.94. The second-order valence-corrected chi connectivity index (χ2v) is 27.6. The first-order valence-corrected chi connectivity index (χ1v) is 40.0. The Hall–Kier alpha value is -4.83. The number of carboxylic acids is 1. The van der Waals surface area contributed by atoms with Crippen molar-refractivity contribution in [3.63, 3.8) is 0 Å². The van der Waals surface area contributed by atoms with Crippen molar-refractivity contribution in [3.05, 3.63) is 146 Å². The standard InChI is InChI=1S/C88H149NO8/c1-6-8-10-12-14-16-18-20-22-24-26-28-30-32-34-36-38-40-42-43-45-46-48-50-52-54-56-58-60-62-64-66-68-70-72-74-76-78-85(90)95-82-84(83-96-88(87(92)93)94-81-80-89(3,4)5)97-86(91)79-77-75-73-71-69-67-65-63-61-59-57-55-53-51-49-47-44-41-39-37-35-33-31-29-27-25-23-21-19-17-15-13-11-9-7-2/h8-11,14-17,20-23,26-29,32-35,39,41,47,49,84,88H,6-7,12-13,18-19,24-25,30-31,36-38,40,42-46,48,50-83H2,1-5H3/b10-8-,11-9-,16-14-,17-15-,22-20-,23-21-,28-26-,29-27-,34-32-,35-33-,41-39-,49-47-. The van der Waals surface area contributed by atoms with Crippen molar-refractivity contribution >= 4 is 17.9 Å². The summed E-state index contributed by atoms with van der Waals surface area (Å²) in [5.74, 6) is -2.28. The number of esters is 2. The van der Waals surface area contributed by atoms with Crippen LogP contribution in [0, 0.1) is 0 Å². The Morgan fingerprint density at radius 2 is 0.557 bits per heavy atom. The van der Waals surface area contributed by atoms with Gasteiger partial charge < -0.3 is 33.3 Å². The highest BCUT2D eigenvalue weighted by Crippen LogP contribution is 2.18. The fourth-order valence-corrected chi connectivity index (χ4v) is 11.1. The molecule has 2 unspecified atom stereocenters. The van der Waals surface area contributed by atoms with Gasteiger partial charge in [-0.15, -0.1) is 0 Å². The summed E-state index contributed by atoms with van der Waals surface area (Å²) in [6.07, 6.45) is 110. The van der Waals surface area contributed by atoms with E-state index in [1.165, 1.54) is 186 Å². The number of carbonyl (C=O) groups is 3. The smallest absolute Gasteiger partial charge is 0.306 e. The monoisotopic (exact) mass is 1350 g/mol. The third kappa shape index (κ3) is 78.4. The van der Waals surface area contributed by atoms with Crippen LogP contribution >= 0.6 is 0 Å². The van der Waals surface area contributed by atoms with Crippen molar-refractivity contribution in [2.75, 3.05) is 47.5 Å². The van der Waals surface area contributed by atoms with Gasteiger partial charge in [-0.3, -0.25) is 9.59 Å². The second-order valence-electron chi connectivity index (χ2n) is 27.6. The number of carboxylic acid groups (broad SMARTS) is 1. The number of quaternary nitrogens is 1. The van der Waals surface area contributed by atoms with E-state index in [0.29, 0.717) is 17.4 Å². The van der Waals surface area contributed by atoms with Gasteiger partial charge in [-0.1, -0.05) is 352 Å². The van der Waals surface area contributed by atoms with Crippen LogP contribution in [0.2, 0.25) is 0 Å². The fraction of sp³-hybridized carbons (Fsp3) is 0.693. The van der Waals surface area contributed by atoms with Gasteiger partial charge in [-0.25, -0.2) is 0 Å². The molecule has 0 aliphatic carbocycles. The van der Waals surface area contributed by atoms with Crippen molar-refractivity contribution in [2.24, 2.45) is 0 Å². The minimum atomic E-state index is -1.63. The van der Waals surface area contributed by atoms with Gasteiger partial charge in [0.1, 0.15) is 13.2 Å². The van der Waals surface area contributed by atoms with E-state index in [4.69, 9.17) is 18.9 Å². The van der Waals surface area contributed by atoms with Gasteiger partial charge in [-0.05, 0) is 116 Å². The maximum absolute atomic E-state index is 13.0. The number of hydrogen-bond acceptors (Lipinski definition) is 8. The molecule has 97 heavy (non-hydrogen) atoms. The quantitative estimate of drug-likeness (QED) is 0.0195. The number of carbonyl (C=O) groups excluding carboxylic acids is 3. The molecule has 0 spiro atoms. The molecule has 0 aromatic rings. The summed E-state index contributed by atoms with van der Waals surface area (Å²) in [5.41, 5.74) is 0. The highest BCUT2D eigenvalue weighted by molar-refractivity contribution is 5.70. The molecule has 0 rings (SSSR count). The minimum absolute atomic E-state index is 0.144. The Kier molecular flexibility index (Phi) is 73.1. The van der Waals surface area contributed by atoms with Gasteiger partial charge in [0.05, 0.1) is 40.3 Å². The Bertz CT molecular complexity index is 2110. The first kappa shape index (κ1) is 92.2. The van der Waals surface area contributed by atoms with Crippen LogP contribution in [0.25, 0.3) is 0 Å². The number of likely N-dealkylation sites (N-methyl/N-ethyl adjacent to an activating group) is 1. The van der Waals surface area contributed by atoms with Crippen molar-refractivity contribution in [2.45, 2.75) is 347 Å². The number of nitrogens with zero attached hydrogens (tertiary/aromatic N) is 1. The predicted molar refractivity (Wildman–Crippen MR) is 416 cm³/mol. The van der Waals surface area contributed by atoms with Gasteiger partial charge in [0.15, 0.2) is 12.4 Å². The molecular formula is C88H149NO8. The summed E-state index contributed by atoms with van der Waals surface area (Å²) in [6.45, 7) is 4.55. The van der Waals surface area contributed by atoms with E-state index in [9.17, 15) is 19.5 Å². The zero-order valence-corrected chi connectivity index (χ0v) is 63.4. The Morgan fingerprint density at radius 3 is 0.825 bits per heavy atom. The molecule has 554 valence electrons. The van der Waals surface area contributed by atoms with E-state index in [-0.39, 0.29) is 38.6 Å². The summed E-state index contributed by atoms with van der Waals surface area (Å²) in [4.78, 5) is 37.6. The average Bonchev–Trinajstić information content (AvgIpc) is 3.74. The first-order chi connectivity index (χ1) is 47.6. The van der Waals surface area contributed by atoms with Gasteiger partial charge in [0.2, 0.25) is 0 Å². The molecule has 0 radical (unpaired) electrons. The lowest BCUT2D eigenvalue weighted by Crippen LogP contribution is -2.44. The van der Waals surface area contributed by atoms with Crippen molar-refractivity contribution in [3.8, 4) is 0 Å². The number of rotatable bonds is 73. The Morgan fingerprint density at radius 1 is 0.309 bits per heavy atom. The SMILES string of the molecule is CC/C=C\C/C=C\C/C=C\C/C=C\C/C=C\C/C=C\C/C=C\CCCCCCCCCCCCCCCC(=O)OC(COC(=O)CCCCCCCCCCCCCCCCCCCCCCC/C=C\C/C=C\C/C=C\C/C=C\C/C=C\CC)COC(OCC[N+](C)(C)C)C(=O)[O-]. The highest BCUT2D eigenvalue weighted by Gasteiger charge is 2.22. The highest BCUT2D eigenvalue weighted by atomic mass is 16.7. The van der Waals surface area contributed by atoms with Gasteiger partial charge in [0, 0.05) is 12.8 Å². The van der Waals surface area contributed by atoms with Crippen molar-refractivity contribution in [1.29, 1.82) is 0 Å². The molecule has 0 aliphatic rings. The van der Waals surface area contributed by atoms with E-state index < -0.39 is 24.3 Å². The van der Waals surface area contributed by atoms with Gasteiger partial charge >= 0.3 is 11.9 Å². The third-order valence-corrected chi connectivity index (χ3v) is 17.1. The molecule has 0 bridgehead atoms. The molecule has 9 nitrogen and oxygen atoms in total. The molecule has 0 saturated carbocycles. The van der Waals surface area contributed by atoms with Crippen LogP contribution in [0.15, 0.2) is 146 Å². The zero-order valence-electron chi connectivity index (χ0n) is 63.4. The lowest BCUT2D eigenvalue weighted by atomic mass is 10.0. The van der Waals surface area contributed by atoms with Crippen LogP contribution in [0.4, 0.5) is 0 Å². The van der Waals surface area contributed by atoms with Crippen LogP contribution in [0.1, 0.15) is 335 Å². The normalized spacial score (nSPS) is 13.5. The molecule has 0 N–H and O–H groups in total. The van der Waals surface area contributed by atoms with E-state index >= 15 is 0 Å². The average molecular weight is 1350 g/mol. The van der Waals surface area contributed by atoms with Crippen LogP contribution in [-0.4, -0.2) is 82.3 Å². The van der Waals surface area contributed by atoms with E-state index in [1.807, 2.05) is 21.1 Å². The lowest BCUT2D eigenvalue weighted by molar-refractivity contribution is -0.870. The van der Waals surface area contributed by atoms with Crippen molar-refractivity contribution in [1.82, 2.24) is 0 Å². The molecule has 2 atom stereocenters. The largest absolute Gasteiger partial charge is 0.545 e. The Labute approximate surface area is 598 Å². The summed E-state index contributed by atoms with van der Waals surface area (Å²) in [6, 6.07) is 0. The molecule has 0 aliphatic heterocycles. The molecular weight excluding hydrogens is 1200 g/mol. The van der Waals surface area contributed by atoms with E-state index in [1.54, 1.807) is 0 Å². The molecule has 0 fully saturated rings. The fourth-order valence-electron chi connectivity index (χ4n) is 11.1. The molecule has 0 heterocycles. The first-order valence-electron chi connectivity index (χ1n) is 40.0. The van der Waals surface area contributed by atoms with Crippen LogP contribution in [0.3, 0.4) is 0 Å². The van der Waals surface area contributed by atoms with Crippen LogP contribution < -0.4 is 5.11 Å². The number of hydrogen-bond donors (Lipinski definition) is 0. The zero-order chi connectivity index (χ0) is 70.4. The topological polar surface area (TPSA) is 111 Å². The van der Waals surface area contributed by atoms with E-state index in [0.717, 1.165) is 116 Å². The number of unbranched alkanes of at least 4 members (excludes halogenated alkanes) is 34. The maximum atomic E-state index is 13.0. The molecule has 0 aromatic carbocycles. The third-order valence-electron chi connectivity index (χ3n) is 17.1. The van der Waals surface area contributed by atoms with Crippen LogP contribution in [-0.2, 0) is 33.3 Å². The lowest BCUT2D eigenvalue weighted by Gasteiger charge is -2.26. The molecule has 9 heteroatoms. The van der Waals surface area contributed by atoms with Gasteiger partial charge in [0.25, 0.3) is 0 Å². The molecule has 0 aromatic heterocycles. The summed E-state index contributed by atoms with van der Waals surface area (Å²) < 4.78 is 22.9. The molecule has 0 saturated heterocycles. The summed E-state index contributed by atoms with van der Waals surface area (Å²) >= 11 is 0. The Balaban J connectivity index is 4.04. The van der Waals surface area contributed by atoms with Gasteiger partial charge in [-0.2, -0.15) is 0 Å². The van der Waals surface area contributed by atoms with Crippen molar-refractivity contribution < 1.29 is 42.9 Å². The number of ether oxygens (including phenoxy) is 4. The van der Waals surface area contributed by atoms with Crippen LogP contribution in [0.5, 0.6) is 0 Å². The predicted octanol–water partition coefficient (Wildman–Crippen LogP) is 24.5. The number of allylic oxidation sites excluding steroid dienone is 24. The minimum Gasteiger partial charge on any atom is -0.545 e. The number of aliphatic carboxylic acids is 1. The second kappa shape index (κ2) is 76.9.